The molecule has 1 aromatic rings. The summed E-state index contributed by atoms with van der Waals surface area (Å²) in [6, 6.07) is 1.88. The highest BCUT2D eigenvalue weighted by atomic mass is 32.1. The number of alkyl halides is 3. The lowest BCUT2D eigenvalue weighted by Gasteiger charge is -2.03. The number of aliphatic hydroxyl groups is 1. The molecule has 1 heterocycles. The molecule has 0 aliphatic heterocycles. The van der Waals surface area contributed by atoms with Gasteiger partial charge in [0.05, 0.1) is 18.7 Å². The maximum Gasteiger partial charge on any atom is 0.430 e. The van der Waals surface area contributed by atoms with E-state index in [9.17, 15) is 13.2 Å². The Hall–Kier alpha value is -1.57. The predicted octanol–water partition coefficient (Wildman–Crippen LogP) is 2.15. The van der Waals surface area contributed by atoms with Crippen molar-refractivity contribution in [2.45, 2.75) is 20.0 Å². The van der Waals surface area contributed by atoms with Gasteiger partial charge in [-0.25, -0.2) is 0 Å². The molecule has 0 aromatic carbocycles. The van der Waals surface area contributed by atoms with Crippen molar-refractivity contribution in [3.8, 4) is 0 Å². The van der Waals surface area contributed by atoms with Crippen LogP contribution in [0.2, 0.25) is 0 Å². The van der Waals surface area contributed by atoms with Crippen LogP contribution in [0.4, 0.5) is 13.2 Å². The molecule has 0 amide bonds. The minimum atomic E-state index is -5.19. The third-order valence-corrected chi connectivity index (χ3v) is 1.97. The van der Waals surface area contributed by atoms with E-state index in [1.807, 2.05) is 13.0 Å². The summed E-state index contributed by atoms with van der Waals surface area (Å²) >= 11 is 1.27. The van der Waals surface area contributed by atoms with E-state index >= 15 is 0 Å². The quantitative estimate of drug-likeness (QED) is 0.627. The van der Waals surface area contributed by atoms with Crippen molar-refractivity contribution in [2.24, 2.45) is 0 Å². The maximum atomic E-state index is 10.5. The first-order valence-corrected chi connectivity index (χ1v) is 4.92. The second kappa shape index (κ2) is 6.24. The number of carbonyl (C=O) groups excluding carboxylic acids is 1. The summed E-state index contributed by atoms with van der Waals surface area (Å²) in [4.78, 5) is 9.73. The SMILES string of the molecule is C/C(O)=C/c1cc(C)[o+]s1.O=C([O-])C(F)(F)F. The summed E-state index contributed by atoms with van der Waals surface area (Å²) in [7, 11) is 0. The molecule has 8 heteroatoms. The van der Waals surface area contributed by atoms with Crippen LogP contribution in [0.5, 0.6) is 0 Å². The molecule has 1 rings (SSSR count). The lowest BCUT2D eigenvalue weighted by molar-refractivity contribution is -0.344. The van der Waals surface area contributed by atoms with E-state index in [4.69, 9.17) is 18.9 Å². The summed E-state index contributed by atoms with van der Waals surface area (Å²) in [5.74, 6) is -1.83. The van der Waals surface area contributed by atoms with Gasteiger partial charge >= 0.3 is 23.6 Å². The Balaban J connectivity index is 0.000000325. The maximum absolute atomic E-state index is 10.5. The molecule has 4 nitrogen and oxygen atoms in total. The molecule has 0 radical (unpaired) electrons. The van der Waals surface area contributed by atoms with E-state index in [0.29, 0.717) is 5.76 Å². The molecule has 1 N–H and O–H groups in total. The van der Waals surface area contributed by atoms with Crippen molar-refractivity contribution >= 4 is 23.7 Å². The van der Waals surface area contributed by atoms with Crippen LogP contribution in [0.25, 0.3) is 6.08 Å². The standard InChI is InChI=1S/C7H8O2S.C2HF3O2/c1-5(8)3-7-4-6(2)9-10-7;3-2(4,5)1(6)7/h3-4H,1-2H3;(H,6,7)/b5-3-;. The number of allylic oxidation sites excluding steroid dienone is 1. The van der Waals surface area contributed by atoms with Gasteiger partial charge in [0, 0.05) is 6.08 Å². The molecule has 0 aliphatic carbocycles. The van der Waals surface area contributed by atoms with Crippen LogP contribution >= 0.6 is 11.6 Å². The summed E-state index contributed by atoms with van der Waals surface area (Å²) in [5.41, 5.74) is 0. The van der Waals surface area contributed by atoms with Crippen LogP contribution in [0, 0.1) is 6.92 Å². The van der Waals surface area contributed by atoms with Gasteiger partial charge in [0.25, 0.3) is 0 Å². The zero-order valence-corrected chi connectivity index (χ0v) is 9.69. The zero-order chi connectivity index (χ0) is 13.6. The van der Waals surface area contributed by atoms with Gasteiger partial charge in [-0.3, -0.25) is 0 Å². The Kier molecular flexibility index (Phi) is 5.66. The van der Waals surface area contributed by atoms with E-state index in [1.54, 1.807) is 13.0 Å². The van der Waals surface area contributed by atoms with Crippen molar-refractivity contribution in [3.05, 3.63) is 22.5 Å². The number of aliphatic hydroxyl groups excluding tert-OH is 1. The molecule has 0 spiro atoms. The molecule has 0 aliphatic rings. The Morgan fingerprint density at radius 2 is 2.06 bits per heavy atom. The lowest BCUT2D eigenvalue weighted by atomic mass is 10.4. The first-order chi connectivity index (χ1) is 7.62. The summed E-state index contributed by atoms with van der Waals surface area (Å²) < 4.78 is 36.6. The molecule has 0 fully saturated rings. The third kappa shape index (κ3) is 7.34. The van der Waals surface area contributed by atoms with Gasteiger partial charge in [0.1, 0.15) is 10.8 Å². The molecule has 0 atom stereocenters. The van der Waals surface area contributed by atoms with Gasteiger partial charge in [0.2, 0.25) is 0 Å². The van der Waals surface area contributed by atoms with Gasteiger partial charge in [-0.15, -0.1) is 3.85 Å². The monoisotopic (exact) mass is 270 g/mol. The molecule has 0 bridgehead atoms. The molecular weight excluding hydrogens is 261 g/mol. The topological polar surface area (TPSA) is 71.7 Å². The molecule has 1 aromatic heterocycles. The third-order valence-electron chi connectivity index (χ3n) is 1.20. The van der Waals surface area contributed by atoms with Crippen molar-refractivity contribution in [1.29, 1.82) is 0 Å². The predicted molar refractivity (Wildman–Crippen MR) is 53.1 cm³/mol. The highest BCUT2D eigenvalue weighted by Gasteiger charge is 2.28. The molecule has 0 unspecified atom stereocenters. The van der Waals surface area contributed by atoms with E-state index < -0.39 is 12.1 Å². The van der Waals surface area contributed by atoms with E-state index in [2.05, 4.69) is 0 Å². The highest BCUT2D eigenvalue weighted by Crippen LogP contribution is 2.16. The van der Waals surface area contributed by atoms with Gasteiger partial charge in [-0.05, 0) is 6.92 Å². The average molecular weight is 270 g/mol. The van der Waals surface area contributed by atoms with Crippen LogP contribution in [-0.2, 0) is 4.79 Å². The zero-order valence-electron chi connectivity index (χ0n) is 8.87. The summed E-state index contributed by atoms with van der Waals surface area (Å²) in [6.07, 6.45) is -3.53. The average Bonchev–Trinajstić information content (AvgIpc) is 2.49. The van der Waals surface area contributed by atoms with Gasteiger partial charge in [-0.2, -0.15) is 13.2 Å². The number of halogens is 3. The number of aliphatic carboxylic acids is 1. The number of rotatable bonds is 1. The van der Waals surface area contributed by atoms with Crippen molar-refractivity contribution < 1.29 is 32.0 Å². The fourth-order valence-corrected chi connectivity index (χ4v) is 1.34. The van der Waals surface area contributed by atoms with Gasteiger partial charge < -0.3 is 15.0 Å². The fourth-order valence-electron chi connectivity index (χ4n) is 0.634. The Morgan fingerprint density at radius 1 is 1.59 bits per heavy atom. The second-order valence-corrected chi connectivity index (χ2v) is 3.70. The molecule has 0 saturated carbocycles. The van der Waals surface area contributed by atoms with Crippen molar-refractivity contribution in [1.82, 2.24) is 0 Å². The summed E-state index contributed by atoms with van der Waals surface area (Å²) in [5, 5.41) is 17.6. The summed E-state index contributed by atoms with van der Waals surface area (Å²) in [6.45, 7) is 3.51. The van der Waals surface area contributed by atoms with Crippen LogP contribution in [0.1, 0.15) is 17.6 Å². The largest absolute Gasteiger partial charge is 0.542 e. The Bertz CT molecular complexity index is 405. The van der Waals surface area contributed by atoms with Crippen LogP contribution in [-0.4, -0.2) is 17.3 Å². The van der Waals surface area contributed by atoms with Crippen LogP contribution < -0.4 is 5.11 Å². The fraction of sp³-hybridized carbons (Fsp3) is 0.333. The minimum Gasteiger partial charge on any atom is -0.542 e. The van der Waals surface area contributed by atoms with E-state index in [1.165, 1.54) is 11.6 Å². The number of hydrogen-bond donors (Lipinski definition) is 1. The van der Waals surface area contributed by atoms with Gasteiger partial charge in [0.15, 0.2) is 0 Å². The number of carboxylic acid groups (broad SMARTS) is 1. The second-order valence-electron chi connectivity index (χ2n) is 2.89. The van der Waals surface area contributed by atoms with Crippen molar-refractivity contribution in [3.63, 3.8) is 0 Å². The first-order valence-electron chi connectivity index (χ1n) is 4.18. The molecular formula is C9H9F3O4S. The highest BCUT2D eigenvalue weighted by molar-refractivity contribution is 7.04. The minimum absolute atomic E-state index is 0.303. The Labute approximate surface area is 98.8 Å². The smallest absolute Gasteiger partial charge is 0.430 e. The number of aryl methyl sites for hydroxylation is 1. The molecule has 17 heavy (non-hydrogen) atoms. The number of hydrogen-bond acceptors (Lipinski definition) is 4. The number of carbonyl (C=O) groups is 1. The van der Waals surface area contributed by atoms with Crippen LogP contribution in [0.15, 0.2) is 15.7 Å². The van der Waals surface area contributed by atoms with E-state index in [-0.39, 0.29) is 0 Å². The van der Waals surface area contributed by atoms with Crippen LogP contribution in [0.3, 0.4) is 0 Å². The molecule has 0 saturated heterocycles. The molecule has 96 valence electrons. The van der Waals surface area contributed by atoms with E-state index in [0.717, 1.165) is 10.6 Å². The van der Waals surface area contributed by atoms with Gasteiger partial charge in [-0.1, -0.05) is 0 Å². The normalized spacial score (nSPS) is 11.7. The lowest BCUT2D eigenvalue weighted by Crippen LogP contribution is -2.37. The number of carboxylic acids is 1. The first kappa shape index (κ1) is 15.4. The van der Waals surface area contributed by atoms with Crippen molar-refractivity contribution in [2.75, 3.05) is 0 Å². The Morgan fingerprint density at radius 3 is 2.29 bits per heavy atom.